The quantitative estimate of drug-likeness (QED) is 0.0293. The van der Waals surface area contributed by atoms with Crippen LogP contribution in [0.1, 0.15) is 161 Å². The van der Waals surface area contributed by atoms with Gasteiger partial charge in [-0.3, -0.25) is 57.0 Å². The molecule has 766 valence electrons. The van der Waals surface area contributed by atoms with Gasteiger partial charge in [0.1, 0.15) is 11.6 Å². The Kier molecular flexibility index (Phi) is 29.4. The summed E-state index contributed by atoms with van der Waals surface area (Å²) in [6, 6.07) is 68.0. The third-order valence-corrected chi connectivity index (χ3v) is 30.2. The molecule has 0 spiro atoms. The Balaban J connectivity index is 0.000000109. The lowest BCUT2D eigenvalue weighted by Gasteiger charge is -2.26. The van der Waals surface area contributed by atoms with E-state index in [1.165, 1.54) is 111 Å². The molecule has 5 aliphatic carbocycles. The number of carbonyl (C=O) groups is 5. The number of hydrogen-bond donors (Lipinski definition) is 6. The summed E-state index contributed by atoms with van der Waals surface area (Å²) in [6.45, 7) is 20.0. The third kappa shape index (κ3) is 24.1. The number of halogens is 2. The molecule has 0 atom stereocenters. The molecule has 7 aromatic heterocycles. The van der Waals surface area contributed by atoms with E-state index in [0.29, 0.717) is 38.3 Å². The molecule has 10 aliphatic rings. The first-order valence-corrected chi connectivity index (χ1v) is 52.7. The van der Waals surface area contributed by atoms with E-state index in [2.05, 4.69) is 133 Å². The van der Waals surface area contributed by atoms with E-state index < -0.39 is 0 Å². The summed E-state index contributed by atoms with van der Waals surface area (Å²) in [4.78, 5) is 73.2. The highest BCUT2D eigenvalue weighted by Gasteiger charge is 2.37. The fourth-order valence-electron chi connectivity index (χ4n) is 20.6. The van der Waals surface area contributed by atoms with Crippen LogP contribution in [0.5, 0.6) is 0 Å². The van der Waals surface area contributed by atoms with Crippen molar-refractivity contribution in [2.24, 2.45) is 36.6 Å². The molecular weight excluding hydrogens is 1870 g/mol. The molecule has 29 nitrogen and oxygen atoms in total. The van der Waals surface area contributed by atoms with E-state index in [1.54, 1.807) is 71.4 Å². The molecule has 5 saturated carbocycles. The van der Waals surface area contributed by atoms with Gasteiger partial charge in [0.15, 0.2) is 29.1 Å². The molecule has 6 N–H and O–H groups in total. The topological polar surface area (TPSA) is 302 Å². The fraction of sp³-hybridized carbons (Fsp3) is 0.356. The van der Waals surface area contributed by atoms with Crippen LogP contribution in [0.4, 0.5) is 66.3 Å². The zero-order chi connectivity index (χ0) is 102. The highest BCUT2D eigenvalue weighted by Crippen LogP contribution is 2.43. The number of carbonyl (C=O) groups excluding carboxylic acids is 5. The number of amides is 5. The Labute approximate surface area is 867 Å². The number of nitrogens with one attached hydrogen (secondary N) is 5. The van der Waals surface area contributed by atoms with E-state index >= 15 is 0 Å². The summed E-state index contributed by atoms with van der Waals surface area (Å²) in [5.41, 5.74) is 27.6. The van der Waals surface area contributed by atoms with Crippen LogP contribution in [-0.2, 0) is 135 Å². The number of benzene rings is 8. The Hall–Kier alpha value is -15.7. The standard InChI is InChI=1S/C25H28N4O2.2C24H25FN4O.C23H25N5O.C22H26N6O/c1-17(31)28-12-11-24-23(15-28)25(27-29(24)14-18-5-6-18)26-22-9-7-20(8-10-22)21-4-2-3-19(13-21)16-30;1-16(30)28-12-11-23-22(15-28)24(27-29(23)14-17-5-6-17)26-21-9-7-18(8-10-21)19-3-2-4-20(25)13-19;1-16(30)28-13-12-23-21(15-28)24(27-29(23)14-17-6-7-17)26-19-10-8-18(9-11-19)20-4-2-3-5-22(20)25;1-16(29)27-13-10-22-21(15-27)23(26-28(22)14-17-2-3-17)25-20-6-4-18(5-7-20)19-8-11-24-12-9-19;1-15(29)27-12-10-21-19(14-27)22(25-28(21)13-16-3-4-16)24-18-7-5-17(6-8-18)20-9-11-23-26(20)2/h2-4,7-10,13,18,30H,5-6,11-12,14-16H2,1H3,(H,26,27);2-4,7-10,13,17H,5-6,11-12,14-15H2,1H3,(H,26,27);2-5,8-11,17H,6-7,12-15H2,1H3,(H,26,27);4-9,11-12,17H,2-3,10,13-15H2,1H3,(H,25,26);5-9,11,16H,3-4,10,12-14H2,1-2H3,(H,24,25). The molecule has 0 unspecified atom stereocenters. The number of rotatable bonds is 26. The van der Waals surface area contributed by atoms with Gasteiger partial charge in [-0.25, -0.2) is 8.78 Å². The number of hydrogen-bond acceptors (Lipinski definition) is 18. The van der Waals surface area contributed by atoms with Crippen molar-refractivity contribution in [1.82, 2.24) is 88.2 Å². The van der Waals surface area contributed by atoms with Crippen LogP contribution in [0.2, 0.25) is 0 Å². The van der Waals surface area contributed by atoms with E-state index in [-0.39, 0.29) is 47.8 Å². The van der Waals surface area contributed by atoms with Gasteiger partial charge in [-0.1, -0.05) is 109 Å². The molecule has 149 heavy (non-hydrogen) atoms. The van der Waals surface area contributed by atoms with Crippen molar-refractivity contribution in [2.75, 3.05) is 59.3 Å². The first-order valence-electron chi connectivity index (χ1n) is 52.7. The Morgan fingerprint density at radius 1 is 0.315 bits per heavy atom. The second-order valence-corrected chi connectivity index (χ2v) is 41.4. The highest BCUT2D eigenvalue weighted by atomic mass is 19.1. The lowest BCUT2D eigenvalue weighted by Crippen LogP contribution is -2.34. The molecular formula is C118H129F2N23O6. The summed E-state index contributed by atoms with van der Waals surface area (Å²) >= 11 is 0. The summed E-state index contributed by atoms with van der Waals surface area (Å²) in [5, 5.41) is 55.5. The number of anilines is 10. The lowest BCUT2D eigenvalue weighted by atomic mass is 10.0. The van der Waals surface area contributed by atoms with Gasteiger partial charge in [0.2, 0.25) is 29.5 Å². The summed E-state index contributed by atoms with van der Waals surface area (Å²) < 4.78 is 40.3. The average Bonchev–Trinajstić information content (AvgIpc) is 1.65. The fourth-order valence-corrected chi connectivity index (χ4v) is 20.6. The maximum absolute atomic E-state index is 14.1. The van der Waals surface area contributed by atoms with Gasteiger partial charge >= 0.3 is 0 Å². The van der Waals surface area contributed by atoms with E-state index in [9.17, 15) is 37.9 Å². The van der Waals surface area contributed by atoms with Crippen molar-refractivity contribution < 1.29 is 37.9 Å². The number of nitrogens with zero attached hydrogens (tertiary/aromatic N) is 18. The second-order valence-electron chi connectivity index (χ2n) is 41.4. The number of aromatic nitrogens is 13. The van der Waals surface area contributed by atoms with Gasteiger partial charge < -0.3 is 56.2 Å². The van der Waals surface area contributed by atoms with Crippen LogP contribution < -0.4 is 26.6 Å². The molecule has 5 fully saturated rings. The van der Waals surface area contributed by atoms with E-state index in [1.807, 2.05) is 139 Å². The number of pyridine rings is 1. The molecule has 0 radical (unpaired) electrons. The van der Waals surface area contributed by atoms with Gasteiger partial charge in [-0.15, -0.1) is 0 Å². The van der Waals surface area contributed by atoms with Crippen LogP contribution in [0, 0.1) is 41.2 Å². The molecule has 25 rings (SSSR count). The SMILES string of the molecule is CC(=O)N1CCc2c(c(Nc3ccc(-c4cccc(CO)c4)cc3)nn2CC2CC2)C1.CC(=O)N1CCc2c(c(Nc3ccc(-c4cccc(F)c4)cc3)nn2CC2CC2)C1.CC(=O)N1CCc2c(c(Nc3ccc(-c4ccccc4F)cc3)nn2CC2CC2)C1.CC(=O)N1CCc2c(c(Nc3ccc(-c4ccncc4)cc3)nn2CC2CC2)C1.CC(=O)N1CCc2c(c(Nc3ccc(-c4ccnn4C)cc3)nn2CC2CC2)C1. The largest absolute Gasteiger partial charge is 0.392 e. The molecule has 0 bridgehead atoms. The molecule has 12 heterocycles. The average molecular weight is 2000 g/mol. The van der Waals surface area contributed by atoms with Gasteiger partial charge in [-0.05, 0) is 247 Å². The predicted octanol–water partition coefficient (Wildman–Crippen LogP) is 20.9. The van der Waals surface area contributed by atoms with Gasteiger partial charge in [0.25, 0.3) is 0 Å². The van der Waals surface area contributed by atoms with Crippen LogP contribution in [-0.4, -0.2) is 156 Å². The van der Waals surface area contributed by atoms with Gasteiger partial charge in [-0.2, -0.15) is 30.6 Å². The van der Waals surface area contributed by atoms with Crippen LogP contribution in [0.25, 0.3) is 55.8 Å². The molecule has 31 heteroatoms. The lowest BCUT2D eigenvalue weighted by molar-refractivity contribution is -0.130. The first kappa shape index (κ1) is 99.3. The van der Waals surface area contributed by atoms with Crippen molar-refractivity contribution in [2.45, 2.75) is 203 Å². The van der Waals surface area contributed by atoms with Crippen LogP contribution >= 0.6 is 0 Å². The minimum atomic E-state index is -0.238. The number of aliphatic hydroxyl groups is 1. The molecule has 8 aromatic carbocycles. The zero-order valence-electron chi connectivity index (χ0n) is 85.5. The Bertz CT molecular complexity index is 7350. The van der Waals surface area contributed by atoms with Crippen molar-refractivity contribution in [1.29, 1.82) is 0 Å². The molecule has 0 saturated heterocycles. The molecule has 15 aromatic rings. The third-order valence-electron chi connectivity index (χ3n) is 30.2. The normalized spacial score (nSPS) is 15.8. The zero-order valence-corrected chi connectivity index (χ0v) is 85.5. The van der Waals surface area contributed by atoms with Crippen molar-refractivity contribution in [3.05, 3.63) is 304 Å². The highest BCUT2D eigenvalue weighted by molar-refractivity contribution is 5.80. The number of aliphatic hydroxyl groups excluding tert-OH is 1. The summed E-state index contributed by atoms with van der Waals surface area (Å²) in [7, 11) is 1.95. The smallest absolute Gasteiger partial charge is 0.219 e. The molecule has 5 amide bonds. The van der Waals surface area contributed by atoms with Crippen molar-refractivity contribution in [3.63, 3.8) is 0 Å². The summed E-state index contributed by atoms with van der Waals surface area (Å²) in [5.74, 6) is 8.07. The Morgan fingerprint density at radius 3 is 0.893 bits per heavy atom. The Morgan fingerprint density at radius 2 is 0.604 bits per heavy atom. The molecule has 5 aliphatic heterocycles. The van der Waals surface area contributed by atoms with Crippen LogP contribution in [0.3, 0.4) is 0 Å². The van der Waals surface area contributed by atoms with Crippen LogP contribution in [0.15, 0.2) is 231 Å². The maximum atomic E-state index is 14.1. The summed E-state index contributed by atoms with van der Waals surface area (Å²) in [6.07, 6.45) is 22.6. The minimum Gasteiger partial charge on any atom is -0.392 e. The van der Waals surface area contributed by atoms with Crippen molar-refractivity contribution >= 4 is 87.1 Å². The second kappa shape index (κ2) is 44.2. The monoisotopic (exact) mass is 2000 g/mol. The van der Waals surface area contributed by atoms with Crippen molar-refractivity contribution in [3.8, 4) is 55.8 Å². The predicted molar refractivity (Wildman–Crippen MR) is 575 cm³/mol. The first-order chi connectivity index (χ1) is 72.5. The van der Waals surface area contributed by atoms with Gasteiger partial charge in [0, 0.05) is 248 Å². The number of aryl methyl sites for hydroxylation is 1. The van der Waals surface area contributed by atoms with E-state index in [4.69, 9.17) is 25.5 Å². The van der Waals surface area contributed by atoms with Gasteiger partial charge in [0.05, 0.1) is 45.0 Å². The number of fused-ring (bicyclic) bond motifs is 5. The minimum absolute atomic E-state index is 0.0411. The maximum Gasteiger partial charge on any atom is 0.219 e. The van der Waals surface area contributed by atoms with E-state index in [0.717, 1.165) is 268 Å².